The molecule has 0 fully saturated rings. The Labute approximate surface area is 421 Å². The number of ether oxygens (including phenoxy) is 1. The maximum absolute atomic E-state index is 8.79. The molecule has 9 aromatic carbocycles. The minimum absolute atomic E-state index is 0.0844. The molecule has 0 saturated carbocycles. The van der Waals surface area contributed by atoms with Gasteiger partial charge in [0.25, 0.3) is 0 Å². The SMILES string of the molecule is [2H]C(C)(C)c1ccnc(-n2c3ccccc3c3ccc(Oc4cccc(N5Cn6c7c(-c8cc(-c9ccccc9)cc(C(C)(C)C)c8)cccc7c7ccccc7c7ccccc7c7cccc5c76)c4)cc32)c1. The number of hydrogen-bond donors (Lipinski definition) is 0. The third kappa shape index (κ3) is 7.26. The van der Waals surface area contributed by atoms with Gasteiger partial charge in [0, 0.05) is 52.5 Å². The Morgan fingerprint density at radius 3 is 1.85 bits per heavy atom. The third-order valence-corrected chi connectivity index (χ3v) is 14.7. The summed E-state index contributed by atoms with van der Waals surface area (Å²) in [5.41, 5.74) is 13.4. The Morgan fingerprint density at radius 2 is 1.11 bits per heavy atom. The molecular formula is C67H54N4O. The Balaban J connectivity index is 1.01. The highest BCUT2D eigenvalue weighted by molar-refractivity contribution is 6.22. The summed E-state index contributed by atoms with van der Waals surface area (Å²) in [6, 6.07) is 76.7. The number of fused-ring (bicyclic) bond motifs is 10. The maximum atomic E-state index is 8.79. The summed E-state index contributed by atoms with van der Waals surface area (Å²) in [6.07, 6.45) is 1.81. The number of nitrogens with zero attached hydrogens (tertiary/aromatic N) is 4. The topological polar surface area (TPSA) is 35.2 Å². The second-order valence-corrected chi connectivity index (χ2v) is 20.4. The normalized spacial score (nSPS) is 12.9. The van der Waals surface area contributed by atoms with Gasteiger partial charge in [-0.1, -0.05) is 180 Å². The monoisotopic (exact) mass is 931 g/mol. The molecule has 4 heterocycles. The van der Waals surface area contributed by atoms with E-state index in [1.54, 1.807) is 0 Å². The quantitative estimate of drug-likeness (QED) is 0.160. The second-order valence-electron chi connectivity index (χ2n) is 20.4. The van der Waals surface area contributed by atoms with Crippen LogP contribution >= 0.6 is 0 Å². The van der Waals surface area contributed by atoms with Crippen molar-refractivity contribution in [3.8, 4) is 39.6 Å². The minimum atomic E-state index is -0.772. The van der Waals surface area contributed by atoms with Crippen LogP contribution in [0.5, 0.6) is 11.5 Å². The first kappa shape index (κ1) is 42.2. The van der Waals surface area contributed by atoms with Crippen molar-refractivity contribution < 1.29 is 6.11 Å². The van der Waals surface area contributed by atoms with Gasteiger partial charge in [-0.15, -0.1) is 0 Å². The van der Waals surface area contributed by atoms with Gasteiger partial charge < -0.3 is 14.2 Å². The van der Waals surface area contributed by atoms with Crippen molar-refractivity contribution in [1.29, 1.82) is 0 Å². The molecule has 3 aromatic heterocycles. The summed E-state index contributed by atoms with van der Waals surface area (Å²) in [5, 5.41) is 9.43. The van der Waals surface area contributed by atoms with E-state index >= 15 is 0 Å². The zero-order valence-electron chi connectivity index (χ0n) is 42.2. The molecule has 0 N–H and O–H groups in total. The highest BCUT2D eigenvalue weighted by Crippen LogP contribution is 2.46. The van der Waals surface area contributed by atoms with Gasteiger partial charge >= 0.3 is 0 Å². The van der Waals surface area contributed by atoms with Crippen LogP contribution in [0.1, 0.15) is 53.0 Å². The average molecular weight is 932 g/mol. The summed E-state index contributed by atoms with van der Waals surface area (Å²) in [4.78, 5) is 7.28. The predicted molar refractivity (Wildman–Crippen MR) is 303 cm³/mol. The van der Waals surface area contributed by atoms with Crippen LogP contribution < -0.4 is 9.64 Å². The molecule has 5 heteroatoms. The summed E-state index contributed by atoms with van der Waals surface area (Å²) >= 11 is 0. The zero-order valence-corrected chi connectivity index (χ0v) is 41.2. The van der Waals surface area contributed by atoms with Gasteiger partial charge in [0.1, 0.15) is 24.0 Å². The van der Waals surface area contributed by atoms with E-state index in [1.165, 1.54) is 71.2 Å². The van der Waals surface area contributed by atoms with E-state index in [0.717, 1.165) is 56.1 Å². The van der Waals surface area contributed by atoms with Crippen molar-refractivity contribution in [1.82, 2.24) is 14.1 Å². The minimum Gasteiger partial charge on any atom is -0.457 e. The Hall–Kier alpha value is -8.67. The molecule has 0 saturated heterocycles. The molecular weight excluding hydrogens is 877 g/mol. The number of para-hydroxylation sites is 3. The molecule has 72 heavy (non-hydrogen) atoms. The first-order chi connectivity index (χ1) is 35.5. The molecule has 0 aliphatic carbocycles. The molecule has 0 bridgehead atoms. The molecule has 0 atom stereocenters. The molecule has 12 aromatic rings. The smallest absolute Gasteiger partial charge is 0.137 e. The van der Waals surface area contributed by atoms with E-state index in [1.807, 2.05) is 38.2 Å². The van der Waals surface area contributed by atoms with Crippen LogP contribution in [0.4, 0.5) is 11.4 Å². The molecule has 0 amide bonds. The van der Waals surface area contributed by atoms with E-state index in [2.05, 4.69) is 229 Å². The fourth-order valence-corrected chi connectivity index (χ4v) is 11.1. The van der Waals surface area contributed by atoms with Crippen molar-refractivity contribution in [3.63, 3.8) is 0 Å². The maximum Gasteiger partial charge on any atom is 0.137 e. The molecule has 1 aliphatic rings. The molecule has 348 valence electrons. The van der Waals surface area contributed by atoms with Crippen LogP contribution in [-0.2, 0) is 12.1 Å². The van der Waals surface area contributed by atoms with E-state index in [-0.39, 0.29) is 5.41 Å². The van der Waals surface area contributed by atoms with E-state index in [0.29, 0.717) is 6.67 Å². The largest absolute Gasteiger partial charge is 0.457 e. The van der Waals surface area contributed by atoms with Gasteiger partial charge in [0.05, 0.1) is 27.8 Å². The lowest BCUT2D eigenvalue weighted by Crippen LogP contribution is -2.15. The van der Waals surface area contributed by atoms with Gasteiger partial charge in [0.2, 0.25) is 0 Å². The number of benzene rings is 9. The lowest BCUT2D eigenvalue weighted by molar-refractivity contribution is 0.483. The Kier molecular flexibility index (Phi) is 9.99. The zero-order chi connectivity index (χ0) is 49.6. The van der Waals surface area contributed by atoms with E-state index < -0.39 is 5.89 Å². The van der Waals surface area contributed by atoms with Gasteiger partial charge in [-0.3, -0.25) is 4.57 Å². The number of aromatic nitrogens is 3. The van der Waals surface area contributed by atoms with Crippen molar-refractivity contribution in [2.75, 3.05) is 4.90 Å². The second kappa shape index (κ2) is 17.0. The average Bonchev–Trinajstić information content (AvgIpc) is 3.97. The summed E-state index contributed by atoms with van der Waals surface area (Å²) in [6.45, 7) is 11.3. The number of pyridine rings is 1. The molecule has 0 unspecified atom stereocenters. The summed E-state index contributed by atoms with van der Waals surface area (Å²) < 4.78 is 20.4. The van der Waals surface area contributed by atoms with Crippen LogP contribution in [0.2, 0.25) is 0 Å². The first-order valence-corrected chi connectivity index (χ1v) is 25.0. The van der Waals surface area contributed by atoms with Crippen molar-refractivity contribution in [2.24, 2.45) is 0 Å². The van der Waals surface area contributed by atoms with Crippen molar-refractivity contribution >= 4 is 76.5 Å². The van der Waals surface area contributed by atoms with Crippen LogP contribution in [0.25, 0.3) is 93.2 Å². The molecule has 0 radical (unpaired) electrons. The van der Waals surface area contributed by atoms with E-state index in [9.17, 15) is 0 Å². The lowest BCUT2D eigenvalue weighted by Gasteiger charge is -2.23. The standard InChI is InChI=1S/C67H54N4O/c1-43(2)45-34-35-68-64(39-45)71-61-30-14-13-26-57(61)58-33-32-51(41-63(58)71)72-50-21-15-20-49(40-50)69-42-70-65-52(47-36-46(44-18-7-6-8-19-44)37-48(38-47)67(3,4)5)27-16-28-59(65)55-24-11-9-22-53(55)54-23-10-12-25-56(54)60-29-17-31-62(69)66(60)70/h6-41,43H,42H2,1-5H3/i43D. The number of anilines is 2. The fourth-order valence-electron chi connectivity index (χ4n) is 11.1. The first-order valence-electron chi connectivity index (χ1n) is 25.5. The predicted octanol–water partition coefficient (Wildman–Crippen LogP) is 18.4. The van der Waals surface area contributed by atoms with Crippen molar-refractivity contribution in [3.05, 3.63) is 230 Å². The van der Waals surface area contributed by atoms with Crippen LogP contribution in [0.3, 0.4) is 0 Å². The van der Waals surface area contributed by atoms with Gasteiger partial charge in [-0.05, 0) is 115 Å². The van der Waals surface area contributed by atoms with Gasteiger partial charge in [0.15, 0.2) is 0 Å². The fraction of sp³-hybridized carbons (Fsp3) is 0.119. The highest BCUT2D eigenvalue weighted by atomic mass is 16.5. The Bertz CT molecular complexity index is 4250. The highest BCUT2D eigenvalue weighted by Gasteiger charge is 2.27. The van der Waals surface area contributed by atoms with Crippen LogP contribution in [-0.4, -0.2) is 14.1 Å². The van der Waals surface area contributed by atoms with Crippen LogP contribution in [0.15, 0.2) is 219 Å². The van der Waals surface area contributed by atoms with E-state index in [4.69, 9.17) is 11.1 Å². The molecule has 1 aliphatic heterocycles. The Morgan fingerprint density at radius 1 is 0.500 bits per heavy atom. The summed E-state index contributed by atoms with van der Waals surface area (Å²) in [7, 11) is 0. The van der Waals surface area contributed by atoms with Crippen LogP contribution in [0, 0.1) is 0 Å². The molecule has 5 nitrogen and oxygen atoms in total. The lowest BCUT2D eigenvalue weighted by atomic mass is 9.83. The molecule has 13 rings (SSSR count). The number of hydrogen-bond acceptors (Lipinski definition) is 3. The van der Waals surface area contributed by atoms with Gasteiger partial charge in [-0.25, -0.2) is 4.98 Å². The van der Waals surface area contributed by atoms with Crippen molar-refractivity contribution in [2.45, 2.75) is 52.6 Å². The third-order valence-electron chi connectivity index (χ3n) is 14.7. The van der Waals surface area contributed by atoms with Gasteiger partial charge in [-0.2, -0.15) is 0 Å². The summed E-state index contributed by atoms with van der Waals surface area (Å²) in [5.74, 6) is 1.46. The molecule has 0 spiro atoms. The number of rotatable bonds is 7.